The molecule has 130 valence electrons. The van der Waals surface area contributed by atoms with Gasteiger partial charge in [0.25, 0.3) is 5.91 Å². The lowest BCUT2D eigenvalue weighted by molar-refractivity contribution is -0.120. The standard InChI is InChI=1S/C18H18ClN3O3/c19-14-1-2-16-13(9-14)3-5-22(18(16)25)15-7-12(10-20-11-15)8-17(24)21-4-6-23/h1-2,7,9-11,23H,3-6,8H2,(H,21,24). The predicted octanol–water partition coefficient (Wildman–Crippen LogP) is 1.59. The first-order valence-electron chi connectivity index (χ1n) is 8.00. The lowest BCUT2D eigenvalue weighted by atomic mass is 9.98. The number of hydrogen-bond donors (Lipinski definition) is 2. The van der Waals surface area contributed by atoms with Gasteiger partial charge in [0.15, 0.2) is 0 Å². The number of benzene rings is 1. The molecule has 2 N–H and O–H groups in total. The number of aliphatic hydroxyl groups is 1. The van der Waals surface area contributed by atoms with Crippen molar-refractivity contribution in [1.29, 1.82) is 0 Å². The van der Waals surface area contributed by atoms with Crippen molar-refractivity contribution < 1.29 is 14.7 Å². The van der Waals surface area contributed by atoms with E-state index in [2.05, 4.69) is 10.3 Å². The molecule has 7 heteroatoms. The van der Waals surface area contributed by atoms with E-state index in [0.717, 1.165) is 5.56 Å². The van der Waals surface area contributed by atoms with Gasteiger partial charge in [0, 0.05) is 29.9 Å². The molecule has 2 aromatic rings. The van der Waals surface area contributed by atoms with Crippen molar-refractivity contribution in [3.63, 3.8) is 0 Å². The minimum atomic E-state index is -0.196. The Kier molecular flexibility index (Phi) is 5.31. The Morgan fingerprint density at radius 1 is 1.32 bits per heavy atom. The number of anilines is 1. The van der Waals surface area contributed by atoms with Crippen LogP contribution in [0.5, 0.6) is 0 Å². The molecule has 3 rings (SSSR count). The zero-order valence-electron chi connectivity index (χ0n) is 13.5. The molecule has 0 aliphatic carbocycles. The molecule has 0 spiro atoms. The average molecular weight is 360 g/mol. The number of fused-ring (bicyclic) bond motifs is 1. The number of carbonyl (C=O) groups excluding carboxylic acids is 2. The van der Waals surface area contributed by atoms with Gasteiger partial charge < -0.3 is 15.3 Å². The predicted molar refractivity (Wildman–Crippen MR) is 94.9 cm³/mol. The second-order valence-corrected chi connectivity index (χ2v) is 6.25. The molecule has 1 aliphatic heterocycles. The quantitative estimate of drug-likeness (QED) is 0.849. The largest absolute Gasteiger partial charge is 0.395 e. The maximum atomic E-state index is 12.8. The van der Waals surface area contributed by atoms with Crippen molar-refractivity contribution in [2.45, 2.75) is 12.8 Å². The molecule has 0 atom stereocenters. The van der Waals surface area contributed by atoms with E-state index in [1.807, 2.05) is 6.07 Å². The fourth-order valence-electron chi connectivity index (χ4n) is 2.86. The van der Waals surface area contributed by atoms with Crippen molar-refractivity contribution in [3.05, 3.63) is 58.4 Å². The van der Waals surface area contributed by atoms with E-state index in [4.69, 9.17) is 16.7 Å². The highest BCUT2D eigenvalue weighted by atomic mass is 35.5. The lowest BCUT2D eigenvalue weighted by Gasteiger charge is -2.28. The number of nitrogens with zero attached hydrogens (tertiary/aromatic N) is 2. The number of nitrogens with one attached hydrogen (secondary N) is 1. The summed E-state index contributed by atoms with van der Waals surface area (Å²) in [4.78, 5) is 30.3. The van der Waals surface area contributed by atoms with Crippen LogP contribution < -0.4 is 10.2 Å². The van der Waals surface area contributed by atoms with Crippen molar-refractivity contribution in [2.75, 3.05) is 24.6 Å². The van der Waals surface area contributed by atoms with Crippen LogP contribution in [-0.4, -0.2) is 41.6 Å². The van der Waals surface area contributed by atoms with Crippen LogP contribution in [0.1, 0.15) is 21.5 Å². The second kappa shape index (κ2) is 7.63. The number of aliphatic hydroxyl groups excluding tert-OH is 1. The van der Waals surface area contributed by atoms with E-state index in [1.54, 1.807) is 35.5 Å². The minimum absolute atomic E-state index is 0.0957. The number of amides is 2. The maximum absolute atomic E-state index is 12.8. The third-order valence-corrected chi connectivity index (χ3v) is 4.27. The van der Waals surface area contributed by atoms with Crippen LogP contribution in [-0.2, 0) is 17.6 Å². The zero-order chi connectivity index (χ0) is 17.8. The van der Waals surface area contributed by atoms with Crippen LogP contribution in [0.25, 0.3) is 0 Å². The Bertz CT molecular complexity index is 810. The van der Waals surface area contributed by atoms with Crippen LogP contribution in [0.4, 0.5) is 5.69 Å². The first kappa shape index (κ1) is 17.4. The summed E-state index contributed by atoms with van der Waals surface area (Å²) in [6.45, 7) is 0.652. The van der Waals surface area contributed by atoms with E-state index in [1.165, 1.54) is 0 Å². The number of hydrogen-bond acceptors (Lipinski definition) is 4. The van der Waals surface area contributed by atoms with Crippen LogP contribution in [0.2, 0.25) is 5.02 Å². The Balaban J connectivity index is 1.78. The fraction of sp³-hybridized carbons (Fsp3) is 0.278. The van der Waals surface area contributed by atoms with Crippen LogP contribution in [0.15, 0.2) is 36.7 Å². The highest BCUT2D eigenvalue weighted by Gasteiger charge is 2.26. The summed E-state index contributed by atoms with van der Waals surface area (Å²) in [5.41, 5.74) is 2.96. The Morgan fingerprint density at radius 2 is 2.16 bits per heavy atom. The lowest BCUT2D eigenvalue weighted by Crippen LogP contribution is -2.37. The molecule has 0 radical (unpaired) electrons. The fourth-order valence-corrected chi connectivity index (χ4v) is 3.06. The average Bonchev–Trinajstić information content (AvgIpc) is 2.60. The molecule has 25 heavy (non-hydrogen) atoms. The van der Waals surface area contributed by atoms with E-state index in [-0.39, 0.29) is 31.4 Å². The molecule has 0 unspecified atom stereocenters. The number of carbonyl (C=O) groups is 2. The number of halogens is 1. The molecule has 2 heterocycles. The Morgan fingerprint density at radius 3 is 2.96 bits per heavy atom. The van der Waals surface area contributed by atoms with Crippen LogP contribution in [0, 0.1) is 0 Å². The third kappa shape index (κ3) is 3.97. The van der Waals surface area contributed by atoms with Gasteiger partial charge in [-0.2, -0.15) is 0 Å². The maximum Gasteiger partial charge on any atom is 0.258 e. The molecule has 1 aromatic heterocycles. The zero-order valence-corrected chi connectivity index (χ0v) is 14.3. The first-order chi connectivity index (χ1) is 12.1. The number of rotatable bonds is 5. The molecule has 2 amide bonds. The molecule has 6 nitrogen and oxygen atoms in total. The molecule has 0 bridgehead atoms. The van der Waals surface area contributed by atoms with Crippen molar-refractivity contribution in [1.82, 2.24) is 10.3 Å². The normalized spacial score (nSPS) is 13.5. The summed E-state index contributed by atoms with van der Waals surface area (Å²) >= 11 is 5.99. The van der Waals surface area contributed by atoms with Gasteiger partial charge in [0.1, 0.15) is 0 Å². The van der Waals surface area contributed by atoms with Gasteiger partial charge >= 0.3 is 0 Å². The van der Waals surface area contributed by atoms with Crippen LogP contribution in [0.3, 0.4) is 0 Å². The van der Waals surface area contributed by atoms with Crippen molar-refractivity contribution in [3.8, 4) is 0 Å². The summed E-state index contributed by atoms with van der Waals surface area (Å²) in [6, 6.07) is 7.07. The highest BCUT2D eigenvalue weighted by molar-refractivity contribution is 6.30. The van der Waals surface area contributed by atoms with Crippen molar-refractivity contribution >= 4 is 29.1 Å². The second-order valence-electron chi connectivity index (χ2n) is 5.81. The van der Waals surface area contributed by atoms with E-state index in [0.29, 0.717) is 34.8 Å². The Hall–Kier alpha value is -2.44. The molecule has 1 aliphatic rings. The van der Waals surface area contributed by atoms with E-state index in [9.17, 15) is 9.59 Å². The van der Waals surface area contributed by atoms with Crippen molar-refractivity contribution in [2.24, 2.45) is 0 Å². The number of pyridine rings is 1. The number of aromatic nitrogens is 1. The summed E-state index contributed by atoms with van der Waals surface area (Å²) in [5, 5.41) is 12.0. The molecule has 0 saturated carbocycles. The molecular weight excluding hydrogens is 342 g/mol. The first-order valence-corrected chi connectivity index (χ1v) is 8.38. The van der Waals surface area contributed by atoms with Gasteiger partial charge in [0.05, 0.1) is 24.9 Å². The molecule has 1 aromatic carbocycles. The summed E-state index contributed by atoms with van der Waals surface area (Å²) < 4.78 is 0. The summed E-state index contributed by atoms with van der Waals surface area (Å²) in [7, 11) is 0. The smallest absolute Gasteiger partial charge is 0.258 e. The van der Waals surface area contributed by atoms with Gasteiger partial charge in [-0.15, -0.1) is 0 Å². The SMILES string of the molecule is O=C(Cc1cncc(N2CCc3cc(Cl)ccc3C2=O)c1)NCCO. The van der Waals surface area contributed by atoms with Gasteiger partial charge in [-0.25, -0.2) is 0 Å². The van der Waals surface area contributed by atoms with Gasteiger partial charge in [-0.05, 0) is 41.8 Å². The molecule has 0 saturated heterocycles. The molecule has 0 fully saturated rings. The highest BCUT2D eigenvalue weighted by Crippen LogP contribution is 2.26. The van der Waals surface area contributed by atoms with Gasteiger partial charge in [-0.1, -0.05) is 11.6 Å². The van der Waals surface area contributed by atoms with Crippen LogP contribution >= 0.6 is 11.6 Å². The monoisotopic (exact) mass is 359 g/mol. The third-order valence-electron chi connectivity index (χ3n) is 4.04. The van der Waals surface area contributed by atoms with E-state index < -0.39 is 0 Å². The van der Waals surface area contributed by atoms with Gasteiger partial charge in [0.2, 0.25) is 5.91 Å². The summed E-state index contributed by atoms with van der Waals surface area (Å²) in [5.74, 6) is -0.292. The van der Waals surface area contributed by atoms with E-state index >= 15 is 0 Å². The topological polar surface area (TPSA) is 82.5 Å². The minimum Gasteiger partial charge on any atom is -0.395 e. The summed E-state index contributed by atoms with van der Waals surface area (Å²) in [6.07, 6.45) is 4.08. The molecular formula is C18H18ClN3O3. The Labute approximate surface area is 150 Å². The van der Waals surface area contributed by atoms with Gasteiger partial charge in [-0.3, -0.25) is 14.6 Å².